The van der Waals surface area contributed by atoms with E-state index < -0.39 is 0 Å². The van der Waals surface area contributed by atoms with Crippen LogP contribution < -0.4 is 0 Å². The van der Waals surface area contributed by atoms with Gasteiger partial charge >= 0.3 is 0 Å². The Morgan fingerprint density at radius 3 is 2.74 bits per heavy atom. The Balaban J connectivity index is 2.42. The molecule has 0 atom stereocenters. The second-order valence-electron chi connectivity index (χ2n) is 4.07. The molecule has 1 heterocycles. The second kappa shape index (κ2) is 6.04. The first-order chi connectivity index (χ1) is 9.06. The smallest absolute Gasteiger partial charge is 0.146 e. The summed E-state index contributed by atoms with van der Waals surface area (Å²) in [5.74, 6) is 0.573. The highest BCUT2D eigenvalue weighted by atomic mass is 35.5. The molecule has 0 N–H and O–H groups in total. The molecule has 1 aromatic heterocycles. The Hall–Kier alpha value is -1.59. The predicted molar refractivity (Wildman–Crippen MR) is 74.7 cm³/mol. The molecular weight excluding hydrogens is 287 g/mol. The Bertz CT molecular complexity index is 581. The summed E-state index contributed by atoms with van der Waals surface area (Å²) in [7, 11) is 0. The van der Waals surface area contributed by atoms with Crippen LogP contribution in [0.15, 0.2) is 24.5 Å². The third-order valence-corrected chi connectivity index (χ3v) is 2.72. The summed E-state index contributed by atoms with van der Waals surface area (Å²) in [5, 5.41) is 12.0. The van der Waals surface area contributed by atoms with E-state index in [1.54, 1.807) is 24.4 Å². The minimum Gasteiger partial charge on any atom is -0.489 e. The van der Waals surface area contributed by atoms with Gasteiger partial charge in [-0.1, -0.05) is 23.2 Å². The maximum absolute atomic E-state index is 6.18. The molecule has 0 amide bonds. The van der Waals surface area contributed by atoms with Crippen molar-refractivity contribution in [2.75, 3.05) is 0 Å². The van der Waals surface area contributed by atoms with Crippen molar-refractivity contribution >= 4 is 35.2 Å². The van der Waals surface area contributed by atoms with Gasteiger partial charge in [-0.25, -0.2) is 4.68 Å². The molecule has 7 heteroatoms. The molecule has 1 aromatic carbocycles. The van der Waals surface area contributed by atoms with Crippen LogP contribution in [-0.2, 0) is 4.74 Å². The fourth-order valence-electron chi connectivity index (χ4n) is 1.45. The molecule has 2 aromatic rings. The van der Waals surface area contributed by atoms with E-state index in [9.17, 15) is 0 Å². The highest BCUT2D eigenvalue weighted by molar-refractivity contribution is 6.35. The van der Waals surface area contributed by atoms with Crippen LogP contribution in [0.2, 0.25) is 10.0 Å². The number of hydrogen-bond donors (Lipinski definition) is 0. The molecule has 0 aliphatic heterocycles. The van der Waals surface area contributed by atoms with Gasteiger partial charge in [-0.15, -0.1) is 5.10 Å². The van der Waals surface area contributed by atoms with Crippen molar-refractivity contribution in [3.63, 3.8) is 0 Å². The van der Waals surface area contributed by atoms with Crippen molar-refractivity contribution in [1.29, 1.82) is 0 Å². The van der Waals surface area contributed by atoms with Gasteiger partial charge in [0.25, 0.3) is 0 Å². The second-order valence-corrected chi connectivity index (χ2v) is 4.92. The molecule has 2 rings (SSSR count). The van der Waals surface area contributed by atoms with Gasteiger partial charge in [-0.05, 0) is 42.5 Å². The van der Waals surface area contributed by atoms with Crippen LogP contribution >= 0.6 is 23.2 Å². The van der Waals surface area contributed by atoms with E-state index in [2.05, 4.69) is 15.5 Å². The molecule has 0 spiro atoms. The summed E-state index contributed by atoms with van der Waals surface area (Å²) in [6.45, 7) is 3.86. The Morgan fingerprint density at radius 2 is 2.16 bits per heavy atom. The molecule has 0 saturated carbocycles. The van der Waals surface area contributed by atoms with Gasteiger partial charge in [-0.3, -0.25) is 0 Å². The zero-order valence-corrected chi connectivity index (χ0v) is 11.9. The zero-order valence-electron chi connectivity index (χ0n) is 10.4. The van der Waals surface area contributed by atoms with Crippen molar-refractivity contribution in [1.82, 2.24) is 20.2 Å². The molecule has 0 unspecified atom stereocenters. The number of nitrogens with zero attached hydrogens (tertiary/aromatic N) is 4. The van der Waals surface area contributed by atoms with Crippen LogP contribution in [0.25, 0.3) is 12.0 Å². The van der Waals surface area contributed by atoms with Gasteiger partial charge in [0.2, 0.25) is 0 Å². The lowest BCUT2D eigenvalue weighted by molar-refractivity contribution is 0.205. The Morgan fingerprint density at radius 1 is 1.37 bits per heavy atom. The largest absolute Gasteiger partial charge is 0.489 e. The fraction of sp³-hybridized carbons (Fsp3) is 0.250. The van der Waals surface area contributed by atoms with Gasteiger partial charge in [0.15, 0.2) is 0 Å². The van der Waals surface area contributed by atoms with Crippen LogP contribution in [0.4, 0.5) is 0 Å². The number of benzene rings is 1. The first-order valence-corrected chi connectivity index (χ1v) is 6.38. The molecule has 100 valence electrons. The summed E-state index contributed by atoms with van der Waals surface area (Å²) in [6.07, 6.45) is 3.12. The first kappa shape index (κ1) is 13.8. The molecule has 19 heavy (non-hydrogen) atoms. The minimum absolute atomic E-state index is 0.00512. The van der Waals surface area contributed by atoms with Crippen molar-refractivity contribution in [3.8, 4) is 0 Å². The van der Waals surface area contributed by atoms with Crippen molar-refractivity contribution in [2.45, 2.75) is 20.0 Å². The normalized spacial score (nSPS) is 11.9. The molecule has 0 aliphatic carbocycles. The monoisotopic (exact) mass is 298 g/mol. The number of hydrogen-bond acceptors (Lipinski definition) is 4. The Kier molecular flexibility index (Phi) is 4.39. The van der Waals surface area contributed by atoms with Crippen LogP contribution in [0, 0.1) is 0 Å². The van der Waals surface area contributed by atoms with E-state index in [4.69, 9.17) is 27.9 Å². The number of ether oxygens (including phenoxy) is 1. The van der Waals surface area contributed by atoms with Crippen LogP contribution in [0.5, 0.6) is 0 Å². The lowest BCUT2D eigenvalue weighted by Crippen LogP contribution is -2.04. The van der Waals surface area contributed by atoms with E-state index >= 15 is 0 Å². The molecule has 0 saturated heterocycles. The molecular formula is C12H12Cl2N4O. The first-order valence-electron chi connectivity index (χ1n) is 5.62. The lowest BCUT2D eigenvalue weighted by Gasteiger charge is -2.15. The van der Waals surface area contributed by atoms with Crippen molar-refractivity contribution in [2.24, 2.45) is 0 Å². The van der Waals surface area contributed by atoms with E-state index in [-0.39, 0.29) is 6.10 Å². The van der Waals surface area contributed by atoms with Crippen molar-refractivity contribution < 1.29 is 4.74 Å². The maximum atomic E-state index is 6.18. The number of tetrazole rings is 1. The third-order valence-electron chi connectivity index (χ3n) is 2.17. The lowest BCUT2D eigenvalue weighted by atomic mass is 10.2. The molecule has 5 nitrogen and oxygen atoms in total. The van der Waals surface area contributed by atoms with Gasteiger partial charge < -0.3 is 4.74 Å². The van der Waals surface area contributed by atoms with Crippen molar-refractivity contribution in [3.05, 3.63) is 40.1 Å². The van der Waals surface area contributed by atoms with Gasteiger partial charge in [0, 0.05) is 10.6 Å². The zero-order chi connectivity index (χ0) is 13.8. The van der Waals surface area contributed by atoms with Gasteiger partial charge in [0.05, 0.1) is 17.3 Å². The molecule has 0 radical (unpaired) electrons. The van der Waals surface area contributed by atoms with E-state index in [0.29, 0.717) is 15.8 Å². The standard InChI is InChI=1S/C12H12Cl2N4O/c1-8(2)19-12(6-18-7-15-16-17-18)10-4-3-9(13)5-11(10)14/h3-8H,1-2H3. The average molecular weight is 299 g/mol. The number of halogens is 2. The summed E-state index contributed by atoms with van der Waals surface area (Å²) < 4.78 is 7.19. The maximum Gasteiger partial charge on any atom is 0.146 e. The fourth-order valence-corrected chi connectivity index (χ4v) is 1.96. The highest BCUT2D eigenvalue weighted by Gasteiger charge is 2.11. The average Bonchev–Trinajstić information content (AvgIpc) is 2.80. The summed E-state index contributed by atoms with van der Waals surface area (Å²) in [6, 6.07) is 5.21. The van der Waals surface area contributed by atoms with Crippen LogP contribution in [0.3, 0.4) is 0 Å². The summed E-state index contributed by atoms with van der Waals surface area (Å²) >= 11 is 12.1. The SMILES string of the molecule is CC(C)OC(=Cn1cnnn1)c1ccc(Cl)cc1Cl. The van der Waals surface area contributed by atoms with E-state index in [1.165, 1.54) is 11.0 Å². The summed E-state index contributed by atoms with van der Waals surface area (Å²) in [4.78, 5) is 0. The molecule has 0 aliphatic rings. The Labute approximate surface area is 120 Å². The van der Waals surface area contributed by atoms with Gasteiger partial charge in [-0.2, -0.15) is 0 Å². The third kappa shape index (κ3) is 3.68. The minimum atomic E-state index is -0.00512. The van der Waals surface area contributed by atoms with Crippen LogP contribution in [-0.4, -0.2) is 26.3 Å². The topological polar surface area (TPSA) is 52.8 Å². The van der Waals surface area contributed by atoms with Crippen LogP contribution in [0.1, 0.15) is 19.4 Å². The van der Waals surface area contributed by atoms with E-state index in [0.717, 1.165) is 5.56 Å². The molecule has 0 bridgehead atoms. The van der Waals surface area contributed by atoms with Gasteiger partial charge in [0.1, 0.15) is 12.1 Å². The molecule has 0 fully saturated rings. The predicted octanol–water partition coefficient (Wildman–Crippen LogP) is 3.36. The number of rotatable bonds is 4. The number of aromatic nitrogens is 4. The quantitative estimate of drug-likeness (QED) is 0.812. The summed E-state index contributed by atoms with van der Waals surface area (Å²) in [5.41, 5.74) is 0.732. The highest BCUT2D eigenvalue weighted by Crippen LogP contribution is 2.28. The van der Waals surface area contributed by atoms with E-state index in [1.807, 2.05) is 13.8 Å².